The molecule has 0 aromatic carbocycles. The van der Waals surface area contributed by atoms with E-state index in [-0.39, 0.29) is 18.2 Å². The molecule has 0 aliphatic carbocycles. The van der Waals surface area contributed by atoms with Crippen molar-refractivity contribution in [2.45, 2.75) is 53.5 Å². The molecule has 8 heteroatoms. The molecule has 0 radical (unpaired) electrons. The second kappa shape index (κ2) is 7.78. The van der Waals surface area contributed by atoms with Gasteiger partial charge in [-0.15, -0.1) is 0 Å². The standard InChI is InChI=1S/C17H28N4O3S/c1-6-25(23,24)20(5)11-15-18-13(4)14-7-8-16(22)21(17(14)19-15)10-9-12(2)3/h12H,6-11H2,1-5H3. The number of carbonyl (C=O) groups is 1. The van der Waals surface area contributed by atoms with Crippen molar-refractivity contribution in [1.29, 1.82) is 0 Å². The topological polar surface area (TPSA) is 83.5 Å². The number of anilines is 1. The zero-order valence-electron chi connectivity index (χ0n) is 15.7. The van der Waals surface area contributed by atoms with Crippen LogP contribution in [0.4, 0.5) is 5.82 Å². The molecule has 140 valence electrons. The van der Waals surface area contributed by atoms with Crippen LogP contribution in [-0.4, -0.2) is 47.9 Å². The van der Waals surface area contributed by atoms with Crippen molar-refractivity contribution >= 4 is 21.7 Å². The van der Waals surface area contributed by atoms with Gasteiger partial charge < -0.3 is 0 Å². The van der Waals surface area contributed by atoms with Crippen molar-refractivity contribution in [2.24, 2.45) is 5.92 Å². The van der Waals surface area contributed by atoms with E-state index in [1.165, 1.54) is 11.4 Å². The Kier molecular flexibility index (Phi) is 6.16. The predicted molar refractivity (Wildman–Crippen MR) is 97.8 cm³/mol. The fourth-order valence-corrected chi connectivity index (χ4v) is 3.60. The van der Waals surface area contributed by atoms with Crippen LogP contribution in [0.5, 0.6) is 0 Å². The first-order chi connectivity index (χ1) is 11.7. The van der Waals surface area contributed by atoms with Crippen molar-refractivity contribution in [2.75, 3.05) is 24.2 Å². The fraction of sp³-hybridized carbons (Fsp3) is 0.706. The number of hydrogen-bond acceptors (Lipinski definition) is 5. The molecule has 1 aromatic heterocycles. The van der Waals surface area contributed by atoms with Crippen molar-refractivity contribution in [3.63, 3.8) is 0 Å². The molecule has 1 aromatic rings. The second-order valence-corrected chi connectivity index (χ2v) is 9.28. The van der Waals surface area contributed by atoms with Gasteiger partial charge in [0.1, 0.15) is 11.6 Å². The third kappa shape index (κ3) is 4.55. The Hall–Kier alpha value is -1.54. The van der Waals surface area contributed by atoms with Gasteiger partial charge in [0.25, 0.3) is 0 Å². The number of amides is 1. The summed E-state index contributed by atoms with van der Waals surface area (Å²) in [5, 5.41) is 0. The van der Waals surface area contributed by atoms with E-state index in [1.807, 2.05) is 6.92 Å². The van der Waals surface area contributed by atoms with E-state index in [1.54, 1.807) is 11.8 Å². The van der Waals surface area contributed by atoms with Gasteiger partial charge in [-0.05, 0) is 32.6 Å². The zero-order valence-corrected chi connectivity index (χ0v) is 16.6. The number of sulfonamides is 1. The van der Waals surface area contributed by atoms with Gasteiger partial charge in [0, 0.05) is 31.3 Å². The molecule has 7 nitrogen and oxygen atoms in total. The lowest BCUT2D eigenvalue weighted by Crippen LogP contribution is -2.38. The average molecular weight is 369 g/mol. The van der Waals surface area contributed by atoms with Crippen molar-refractivity contribution in [3.05, 3.63) is 17.1 Å². The van der Waals surface area contributed by atoms with E-state index in [4.69, 9.17) is 0 Å². The molecule has 0 fully saturated rings. The van der Waals surface area contributed by atoms with E-state index < -0.39 is 10.0 Å². The van der Waals surface area contributed by atoms with Gasteiger partial charge in [0.05, 0.1) is 12.3 Å². The first kappa shape index (κ1) is 19.8. The minimum Gasteiger partial charge on any atom is -0.296 e. The van der Waals surface area contributed by atoms with Gasteiger partial charge in [-0.3, -0.25) is 9.69 Å². The van der Waals surface area contributed by atoms with Crippen LogP contribution in [0.15, 0.2) is 0 Å². The normalized spacial score (nSPS) is 15.2. The molecule has 2 rings (SSSR count). The van der Waals surface area contributed by atoms with Crippen molar-refractivity contribution < 1.29 is 13.2 Å². The fourth-order valence-electron chi connectivity index (χ4n) is 2.85. The van der Waals surface area contributed by atoms with E-state index in [9.17, 15) is 13.2 Å². The zero-order chi connectivity index (χ0) is 18.8. The number of aryl methyl sites for hydroxylation is 1. The maximum absolute atomic E-state index is 12.4. The highest BCUT2D eigenvalue weighted by atomic mass is 32.2. The molecule has 25 heavy (non-hydrogen) atoms. The van der Waals surface area contributed by atoms with Crippen LogP contribution in [0.1, 0.15) is 50.7 Å². The summed E-state index contributed by atoms with van der Waals surface area (Å²) in [4.78, 5) is 23.2. The molecule has 0 atom stereocenters. The molecule has 2 heterocycles. The van der Waals surface area contributed by atoms with E-state index in [0.29, 0.717) is 36.9 Å². The lowest BCUT2D eigenvalue weighted by Gasteiger charge is -2.30. The maximum atomic E-state index is 12.4. The van der Waals surface area contributed by atoms with E-state index in [0.717, 1.165) is 17.7 Å². The number of nitrogens with zero attached hydrogens (tertiary/aromatic N) is 4. The molecule has 0 N–H and O–H groups in total. The van der Waals surface area contributed by atoms with Gasteiger partial charge in [-0.1, -0.05) is 13.8 Å². The Balaban J connectivity index is 2.35. The minimum atomic E-state index is -3.30. The molecular formula is C17H28N4O3S. The van der Waals surface area contributed by atoms with Crippen LogP contribution >= 0.6 is 0 Å². The van der Waals surface area contributed by atoms with Gasteiger partial charge in [0.2, 0.25) is 15.9 Å². The molecular weight excluding hydrogens is 340 g/mol. The van der Waals surface area contributed by atoms with Crippen LogP contribution < -0.4 is 4.90 Å². The van der Waals surface area contributed by atoms with Gasteiger partial charge >= 0.3 is 0 Å². The number of fused-ring (bicyclic) bond motifs is 1. The molecule has 0 spiro atoms. The number of aromatic nitrogens is 2. The largest absolute Gasteiger partial charge is 0.296 e. The Morgan fingerprint density at radius 1 is 1.24 bits per heavy atom. The van der Waals surface area contributed by atoms with Crippen LogP contribution in [0.3, 0.4) is 0 Å². The molecule has 0 saturated heterocycles. The summed E-state index contributed by atoms with van der Waals surface area (Å²) < 4.78 is 25.2. The monoisotopic (exact) mass is 368 g/mol. The van der Waals surface area contributed by atoms with E-state index in [2.05, 4.69) is 23.8 Å². The third-order valence-electron chi connectivity index (χ3n) is 4.52. The Bertz CT molecular complexity index is 747. The lowest BCUT2D eigenvalue weighted by molar-refractivity contribution is -0.119. The average Bonchev–Trinajstić information content (AvgIpc) is 2.53. The van der Waals surface area contributed by atoms with Crippen LogP contribution in [0.2, 0.25) is 0 Å². The number of carbonyl (C=O) groups excluding carboxylic acids is 1. The van der Waals surface area contributed by atoms with Crippen molar-refractivity contribution in [3.8, 4) is 0 Å². The molecule has 1 aliphatic heterocycles. The Labute approximate surface area is 150 Å². The maximum Gasteiger partial charge on any atom is 0.228 e. The molecule has 1 amide bonds. The molecule has 0 bridgehead atoms. The lowest BCUT2D eigenvalue weighted by atomic mass is 10.0. The van der Waals surface area contributed by atoms with Crippen LogP contribution in [-0.2, 0) is 27.8 Å². The highest BCUT2D eigenvalue weighted by molar-refractivity contribution is 7.89. The van der Waals surface area contributed by atoms with E-state index >= 15 is 0 Å². The summed E-state index contributed by atoms with van der Waals surface area (Å²) in [5.74, 6) is 1.68. The quantitative estimate of drug-likeness (QED) is 0.734. The van der Waals surface area contributed by atoms with Gasteiger partial charge in [-0.25, -0.2) is 18.4 Å². The van der Waals surface area contributed by atoms with Crippen LogP contribution in [0, 0.1) is 12.8 Å². The summed E-state index contributed by atoms with van der Waals surface area (Å²) in [6.45, 7) is 8.48. The summed E-state index contributed by atoms with van der Waals surface area (Å²) >= 11 is 0. The SMILES string of the molecule is CCS(=O)(=O)N(C)Cc1nc(C)c2c(n1)N(CCC(C)C)C(=O)CC2. The Morgan fingerprint density at radius 2 is 1.92 bits per heavy atom. The summed E-state index contributed by atoms with van der Waals surface area (Å²) in [6.07, 6.45) is 2.01. The molecule has 1 aliphatic rings. The summed E-state index contributed by atoms with van der Waals surface area (Å²) in [7, 11) is -1.78. The highest BCUT2D eigenvalue weighted by Crippen LogP contribution is 2.28. The van der Waals surface area contributed by atoms with Gasteiger partial charge in [0.15, 0.2) is 0 Å². The highest BCUT2D eigenvalue weighted by Gasteiger charge is 2.28. The third-order valence-corrected chi connectivity index (χ3v) is 6.33. The Morgan fingerprint density at radius 3 is 2.52 bits per heavy atom. The second-order valence-electron chi connectivity index (χ2n) is 6.91. The summed E-state index contributed by atoms with van der Waals surface area (Å²) in [6, 6.07) is 0. The molecule has 0 unspecified atom stereocenters. The number of hydrogen-bond donors (Lipinski definition) is 0. The predicted octanol–water partition coefficient (Wildman–Crippen LogP) is 1.89. The first-order valence-electron chi connectivity index (χ1n) is 8.76. The molecule has 0 saturated carbocycles. The minimum absolute atomic E-state index is 0.0341. The van der Waals surface area contributed by atoms with Crippen molar-refractivity contribution in [1.82, 2.24) is 14.3 Å². The first-order valence-corrected chi connectivity index (χ1v) is 10.4. The van der Waals surface area contributed by atoms with Gasteiger partial charge in [-0.2, -0.15) is 4.31 Å². The number of rotatable bonds is 7. The van der Waals surface area contributed by atoms with Crippen LogP contribution in [0.25, 0.3) is 0 Å². The smallest absolute Gasteiger partial charge is 0.228 e. The summed E-state index contributed by atoms with van der Waals surface area (Å²) in [5.41, 5.74) is 1.82.